The zero-order valence-corrected chi connectivity index (χ0v) is 21.7. The van der Waals surface area contributed by atoms with Gasteiger partial charge in [0.15, 0.2) is 0 Å². The Hall–Kier alpha value is -3.62. The van der Waals surface area contributed by atoms with Gasteiger partial charge in [-0.3, -0.25) is 4.79 Å². The van der Waals surface area contributed by atoms with Crippen LogP contribution in [-0.2, 0) is 16.0 Å². The van der Waals surface area contributed by atoms with Gasteiger partial charge in [0, 0.05) is 37.9 Å². The van der Waals surface area contributed by atoms with Crippen molar-refractivity contribution >= 4 is 17.3 Å². The monoisotopic (exact) mass is 521 g/mol. The largest absolute Gasteiger partial charge is 0.489 e. The molecule has 1 aliphatic rings. The summed E-state index contributed by atoms with van der Waals surface area (Å²) >= 11 is 0. The summed E-state index contributed by atoms with van der Waals surface area (Å²) < 4.78 is 24.8. The summed E-state index contributed by atoms with van der Waals surface area (Å²) in [5.74, 6) is 0.0700. The molecule has 0 bridgehead atoms. The van der Waals surface area contributed by atoms with E-state index in [0.29, 0.717) is 25.4 Å². The number of aliphatic hydroxyl groups is 1. The van der Waals surface area contributed by atoms with Crippen LogP contribution in [0.1, 0.15) is 30.5 Å². The number of ether oxygens (including phenoxy) is 2. The van der Waals surface area contributed by atoms with Gasteiger partial charge in [-0.1, -0.05) is 42.5 Å². The van der Waals surface area contributed by atoms with Crippen LogP contribution in [0.15, 0.2) is 72.8 Å². The van der Waals surface area contributed by atoms with Gasteiger partial charge in [-0.15, -0.1) is 0 Å². The molecule has 1 amide bonds. The molecule has 0 radical (unpaired) electrons. The molecule has 4 rings (SSSR count). The lowest BCUT2D eigenvalue weighted by Gasteiger charge is -2.31. The Kier molecular flexibility index (Phi) is 9.95. The van der Waals surface area contributed by atoms with Crippen molar-refractivity contribution in [2.45, 2.75) is 31.9 Å². The van der Waals surface area contributed by atoms with E-state index in [0.717, 1.165) is 48.6 Å². The second kappa shape index (κ2) is 13.8. The van der Waals surface area contributed by atoms with Crippen molar-refractivity contribution in [3.63, 3.8) is 0 Å². The number of halogens is 1. The second-order valence-corrected chi connectivity index (χ2v) is 9.23. The van der Waals surface area contributed by atoms with E-state index in [-0.39, 0.29) is 18.3 Å². The standard InChI is InChI=1S/C30H36FN3O4/c1-2-37-29(30(36)33-26(21-35)23-7-4-3-5-8-23)19-22-9-12-25(13-10-22)32-15-6-16-34-17-18-38-28-20-24(31)11-14-27(28)34/h3-5,7-14,20,26,29,32,35H,2,6,15-19,21H2,1H3,(H,33,36)/t26-,29?/m0/s1. The van der Waals surface area contributed by atoms with Crippen molar-refractivity contribution in [3.8, 4) is 5.75 Å². The highest BCUT2D eigenvalue weighted by atomic mass is 19.1. The van der Waals surface area contributed by atoms with Crippen molar-refractivity contribution in [1.29, 1.82) is 0 Å². The summed E-state index contributed by atoms with van der Waals surface area (Å²) in [6.07, 6.45) is 0.698. The number of hydrogen-bond acceptors (Lipinski definition) is 6. The number of fused-ring (bicyclic) bond motifs is 1. The third-order valence-corrected chi connectivity index (χ3v) is 6.55. The number of nitrogens with one attached hydrogen (secondary N) is 2. The second-order valence-electron chi connectivity index (χ2n) is 9.23. The lowest BCUT2D eigenvalue weighted by Crippen LogP contribution is -2.41. The van der Waals surface area contributed by atoms with Crippen molar-refractivity contribution in [1.82, 2.24) is 5.32 Å². The molecule has 38 heavy (non-hydrogen) atoms. The normalized spacial score (nSPS) is 14.2. The molecule has 3 aromatic carbocycles. The third kappa shape index (κ3) is 7.46. The third-order valence-electron chi connectivity index (χ3n) is 6.55. The highest BCUT2D eigenvalue weighted by molar-refractivity contribution is 5.81. The zero-order valence-electron chi connectivity index (χ0n) is 21.7. The van der Waals surface area contributed by atoms with Crippen LogP contribution in [-0.4, -0.2) is 56.6 Å². The van der Waals surface area contributed by atoms with Crippen LogP contribution in [0.3, 0.4) is 0 Å². The first kappa shape index (κ1) is 27.4. The smallest absolute Gasteiger partial charge is 0.250 e. The number of anilines is 2. The molecule has 0 fully saturated rings. The fourth-order valence-electron chi connectivity index (χ4n) is 4.57. The highest BCUT2D eigenvalue weighted by Crippen LogP contribution is 2.32. The number of benzene rings is 3. The molecule has 1 aliphatic heterocycles. The Bertz CT molecular complexity index is 1160. The van der Waals surface area contributed by atoms with Crippen molar-refractivity contribution in [3.05, 3.63) is 89.7 Å². The fraction of sp³-hybridized carbons (Fsp3) is 0.367. The number of nitrogens with zero attached hydrogens (tertiary/aromatic N) is 1. The number of aliphatic hydroxyl groups excluding tert-OH is 1. The van der Waals surface area contributed by atoms with E-state index in [1.54, 1.807) is 6.07 Å². The molecule has 0 aromatic heterocycles. The maximum Gasteiger partial charge on any atom is 0.250 e. The molecule has 0 saturated carbocycles. The average molecular weight is 522 g/mol. The van der Waals surface area contributed by atoms with Gasteiger partial charge in [0.05, 0.1) is 24.9 Å². The molecule has 1 heterocycles. The van der Waals surface area contributed by atoms with E-state index in [4.69, 9.17) is 9.47 Å². The Morgan fingerprint density at radius 1 is 1.13 bits per heavy atom. The van der Waals surface area contributed by atoms with Crippen LogP contribution in [0.2, 0.25) is 0 Å². The molecule has 0 aliphatic carbocycles. The topological polar surface area (TPSA) is 83.1 Å². The minimum Gasteiger partial charge on any atom is -0.489 e. The highest BCUT2D eigenvalue weighted by Gasteiger charge is 2.23. The van der Waals surface area contributed by atoms with Crippen LogP contribution in [0.4, 0.5) is 15.8 Å². The summed E-state index contributed by atoms with van der Waals surface area (Å²) in [5, 5.41) is 16.1. The number of rotatable bonds is 13. The lowest BCUT2D eigenvalue weighted by molar-refractivity contribution is -0.133. The summed E-state index contributed by atoms with van der Waals surface area (Å²) in [6.45, 7) is 5.06. The maximum absolute atomic E-state index is 13.5. The van der Waals surface area contributed by atoms with E-state index < -0.39 is 12.1 Å². The van der Waals surface area contributed by atoms with Crippen LogP contribution >= 0.6 is 0 Å². The number of hydrogen-bond donors (Lipinski definition) is 3. The van der Waals surface area contributed by atoms with E-state index in [1.165, 1.54) is 12.1 Å². The Morgan fingerprint density at radius 3 is 2.66 bits per heavy atom. The van der Waals surface area contributed by atoms with Gasteiger partial charge in [-0.2, -0.15) is 0 Å². The molecule has 3 aromatic rings. The SMILES string of the molecule is CCOC(Cc1ccc(NCCCN2CCOc3cc(F)ccc32)cc1)C(=O)N[C@@H](CO)c1ccccc1. The first-order valence-electron chi connectivity index (χ1n) is 13.1. The van der Waals surface area contributed by atoms with Gasteiger partial charge >= 0.3 is 0 Å². The quantitative estimate of drug-likeness (QED) is 0.291. The van der Waals surface area contributed by atoms with Crippen LogP contribution in [0, 0.1) is 5.82 Å². The molecule has 202 valence electrons. The predicted molar refractivity (Wildman–Crippen MR) is 147 cm³/mol. The molecule has 0 spiro atoms. The van der Waals surface area contributed by atoms with Crippen LogP contribution < -0.4 is 20.3 Å². The maximum atomic E-state index is 13.5. The molecule has 0 saturated heterocycles. The summed E-state index contributed by atoms with van der Waals surface area (Å²) in [5.41, 5.74) is 3.77. The Balaban J connectivity index is 1.25. The molecule has 2 atom stereocenters. The number of amides is 1. The van der Waals surface area contributed by atoms with Crippen molar-refractivity contribution in [2.75, 3.05) is 49.7 Å². The molecule has 8 heteroatoms. The summed E-state index contributed by atoms with van der Waals surface area (Å²) in [7, 11) is 0. The van der Waals surface area contributed by atoms with Gasteiger partial charge in [-0.05, 0) is 48.7 Å². The summed E-state index contributed by atoms with van der Waals surface area (Å²) in [6, 6.07) is 21.6. The van der Waals surface area contributed by atoms with Gasteiger partial charge in [0.2, 0.25) is 5.91 Å². The fourth-order valence-corrected chi connectivity index (χ4v) is 4.57. The minimum atomic E-state index is -0.651. The molecule has 7 nitrogen and oxygen atoms in total. The first-order chi connectivity index (χ1) is 18.6. The molecular weight excluding hydrogens is 485 g/mol. The number of carbonyl (C=O) groups excluding carboxylic acids is 1. The number of carbonyl (C=O) groups is 1. The average Bonchev–Trinajstić information content (AvgIpc) is 2.94. The first-order valence-corrected chi connectivity index (χ1v) is 13.1. The van der Waals surface area contributed by atoms with Gasteiger partial charge in [0.25, 0.3) is 0 Å². The summed E-state index contributed by atoms with van der Waals surface area (Å²) in [4.78, 5) is 15.2. The minimum absolute atomic E-state index is 0.189. The molecule has 3 N–H and O–H groups in total. The van der Waals surface area contributed by atoms with Gasteiger partial charge < -0.3 is 30.1 Å². The molecular formula is C30H36FN3O4. The van der Waals surface area contributed by atoms with Crippen molar-refractivity contribution in [2.24, 2.45) is 0 Å². The van der Waals surface area contributed by atoms with Crippen LogP contribution in [0.5, 0.6) is 5.75 Å². The van der Waals surface area contributed by atoms with E-state index in [1.807, 2.05) is 61.5 Å². The molecule has 1 unspecified atom stereocenters. The predicted octanol–water partition coefficient (Wildman–Crippen LogP) is 4.32. The van der Waals surface area contributed by atoms with Crippen molar-refractivity contribution < 1.29 is 23.8 Å². The van der Waals surface area contributed by atoms with Gasteiger partial charge in [0.1, 0.15) is 24.3 Å². The lowest BCUT2D eigenvalue weighted by atomic mass is 10.0. The van der Waals surface area contributed by atoms with Gasteiger partial charge in [-0.25, -0.2) is 4.39 Å². The Morgan fingerprint density at radius 2 is 1.92 bits per heavy atom. The zero-order chi connectivity index (χ0) is 26.7. The Labute approximate surface area is 223 Å². The van der Waals surface area contributed by atoms with E-state index in [9.17, 15) is 14.3 Å². The van der Waals surface area contributed by atoms with E-state index in [2.05, 4.69) is 15.5 Å². The van der Waals surface area contributed by atoms with E-state index >= 15 is 0 Å². The van der Waals surface area contributed by atoms with Crippen LogP contribution in [0.25, 0.3) is 0 Å².